The molecular weight excluding hydrogens is 314 g/mol. The molecule has 1 aliphatic rings. The van der Waals surface area contributed by atoms with Crippen LogP contribution in [0.1, 0.15) is 11.3 Å². The lowest BCUT2D eigenvalue weighted by atomic mass is 10.2. The average molecular weight is 337 g/mol. The number of benzene rings is 1. The molecule has 0 spiro atoms. The van der Waals surface area contributed by atoms with E-state index in [0.29, 0.717) is 12.5 Å². The van der Waals surface area contributed by atoms with Gasteiger partial charge in [0, 0.05) is 44.1 Å². The zero-order valence-corrected chi connectivity index (χ0v) is 14.4. The van der Waals surface area contributed by atoms with Gasteiger partial charge in [0.05, 0.1) is 6.54 Å². The predicted octanol–water partition coefficient (Wildman–Crippen LogP) is 1.38. The van der Waals surface area contributed by atoms with E-state index in [2.05, 4.69) is 26.7 Å². The highest BCUT2D eigenvalue weighted by atomic mass is 16.2. The molecular formula is C19H23N5O. The van der Waals surface area contributed by atoms with Crippen LogP contribution in [-0.2, 0) is 17.6 Å². The van der Waals surface area contributed by atoms with Gasteiger partial charge in [-0.2, -0.15) is 0 Å². The average Bonchev–Trinajstić information content (AvgIpc) is 3.09. The van der Waals surface area contributed by atoms with Crippen LogP contribution in [0.2, 0.25) is 0 Å². The fourth-order valence-corrected chi connectivity index (χ4v) is 2.93. The molecule has 6 nitrogen and oxygen atoms in total. The highest BCUT2D eigenvalue weighted by molar-refractivity contribution is 5.98. The van der Waals surface area contributed by atoms with Crippen molar-refractivity contribution >= 4 is 17.6 Å². The second kappa shape index (κ2) is 8.28. The molecule has 0 saturated heterocycles. The number of nitrogens with zero attached hydrogens (tertiary/aromatic N) is 3. The Bertz CT molecular complexity index is 744. The Morgan fingerprint density at radius 3 is 2.84 bits per heavy atom. The molecule has 0 atom stereocenters. The lowest BCUT2D eigenvalue weighted by Gasteiger charge is -2.18. The summed E-state index contributed by atoms with van der Waals surface area (Å²) in [6.45, 7) is 1.67. The van der Waals surface area contributed by atoms with Crippen molar-refractivity contribution in [2.45, 2.75) is 12.8 Å². The molecule has 2 N–H and O–H groups in total. The van der Waals surface area contributed by atoms with Crippen LogP contribution in [0.5, 0.6) is 0 Å². The van der Waals surface area contributed by atoms with E-state index in [0.717, 1.165) is 30.8 Å². The van der Waals surface area contributed by atoms with E-state index in [9.17, 15) is 4.79 Å². The molecule has 0 fully saturated rings. The molecule has 0 bridgehead atoms. The number of amides is 1. The van der Waals surface area contributed by atoms with Gasteiger partial charge in [0.1, 0.15) is 0 Å². The maximum Gasteiger partial charge on any atom is 0.246 e. The number of hydrogen-bond acceptors (Lipinski definition) is 3. The largest absolute Gasteiger partial charge is 0.356 e. The SMILES string of the molecule is CN=C(NCCc1ccccn1)NCC(=O)N1CCc2ccccc21. The van der Waals surface area contributed by atoms with Crippen LogP contribution < -0.4 is 15.5 Å². The van der Waals surface area contributed by atoms with Crippen LogP contribution in [-0.4, -0.2) is 43.5 Å². The first-order valence-electron chi connectivity index (χ1n) is 8.50. The number of aromatic nitrogens is 1. The van der Waals surface area contributed by atoms with E-state index < -0.39 is 0 Å². The van der Waals surface area contributed by atoms with Gasteiger partial charge in [0.2, 0.25) is 5.91 Å². The van der Waals surface area contributed by atoms with Gasteiger partial charge in [0.25, 0.3) is 0 Å². The van der Waals surface area contributed by atoms with Crippen molar-refractivity contribution in [3.8, 4) is 0 Å². The Labute approximate surface area is 148 Å². The van der Waals surface area contributed by atoms with Gasteiger partial charge in [0.15, 0.2) is 5.96 Å². The number of rotatable bonds is 5. The Morgan fingerprint density at radius 1 is 1.20 bits per heavy atom. The summed E-state index contributed by atoms with van der Waals surface area (Å²) >= 11 is 0. The number of carbonyl (C=O) groups is 1. The monoisotopic (exact) mass is 337 g/mol. The van der Waals surface area contributed by atoms with Gasteiger partial charge in [-0.25, -0.2) is 0 Å². The standard InChI is InChI=1S/C19H23N5O/c1-20-19(22-12-9-16-7-4-5-11-21-16)23-14-18(25)24-13-10-15-6-2-3-8-17(15)24/h2-8,11H,9-10,12-14H2,1H3,(H2,20,22,23). The number of aliphatic imine (C=N–C) groups is 1. The van der Waals surface area contributed by atoms with Gasteiger partial charge in [-0.05, 0) is 30.2 Å². The van der Waals surface area contributed by atoms with Crippen molar-refractivity contribution in [1.29, 1.82) is 0 Å². The summed E-state index contributed by atoms with van der Waals surface area (Å²) in [5.41, 5.74) is 3.27. The third-order valence-corrected chi connectivity index (χ3v) is 4.22. The molecule has 25 heavy (non-hydrogen) atoms. The first-order valence-corrected chi connectivity index (χ1v) is 8.50. The lowest BCUT2D eigenvalue weighted by Crippen LogP contribution is -2.44. The van der Waals surface area contributed by atoms with Crippen molar-refractivity contribution < 1.29 is 4.79 Å². The Kier molecular flexibility index (Phi) is 5.61. The summed E-state index contributed by atoms with van der Waals surface area (Å²) < 4.78 is 0. The maximum absolute atomic E-state index is 12.5. The molecule has 0 unspecified atom stereocenters. The molecule has 0 saturated carbocycles. The van der Waals surface area contributed by atoms with E-state index in [1.807, 2.05) is 41.3 Å². The second-order valence-electron chi connectivity index (χ2n) is 5.85. The van der Waals surface area contributed by atoms with Crippen LogP contribution >= 0.6 is 0 Å². The highest BCUT2D eigenvalue weighted by Gasteiger charge is 2.23. The molecule has 1 aromatic carbocycles. The number of para-hydroxylation sites is 1. The van der Waals surface area contributed by atoms with Gasteiger partial charge in [-0.15, -0.1) is 0 Å². The second-order valence-corrected chi connectivity index (χ2v) is 5.85. The molecule has 1 amide bonds. The van der Waals surface area contributed by atoms with E-state index in [1.54, 1.807) is 13.2 Å². The predicted molar refractivity (Wildman–Crippen MR) is 99.8 cm³/mol. The van der Waals surface area contributed by atoms with Crippen molar-refractivity contribution in [3.63, 3.8) is 0 Å². The van der Waals surface area contributed by atoms with Gasteiger partial charge < -0.3 is 15.5 Å². The zero-order valence-electron chi connectivity index (χ0n) is 14.4. The van der Waals surface area contributed by atoms with Crippen molar-refractivity contribution in [2.24, 2.45) is 4.99 Å². The number of fused-ring (bicyclic) bond motifs is 1. The van der Waals surface area contributed by atoms with Crippen molar-refractivity contribution in [1.82, 2.24) is 15.6 Å². The smallest absolute Gasteiger partial charge is 0.246 e. The number of anilines is 1. The highest BCUT2D eigenvalue weighted by Crippen LogP contribution is 2.27. The summed E-state index contributed by atoms with van der Waals surface area (Å²) in [6.07, 6.45) is 3.50. The summed E-state index contributed by atoms with van der Waals surface area (Å²) in [5, 5.41) is 6.30. The van der Waals surface area contributed by atoms with Crippen LogP contribution in [0.25, 0.3) is 0 Å². The summed E-state index contributed by atoms with van der Waals surface area (Å²) in [5.74, 6) is 0.675. The molecule has 0 aliphatic carbocycles. The molecule has 2 heterocycles. The number of carbonyl (C=O) groups excluding carboxylic acids is 1. The molecule has 0 radical (unpaired) electrons. The normalized spacial score (nSPS) is 13.5. The van der Waals surface area contributed by atoms with Gasteiger partial charge >= 0.3 is 0 Å². The Hall–Kier alpha value is -2.89. The van der Waals surface area contributed by atoms with Crippen LogP contribution in [0.15, 0.2) is 53.7 Å². The van der Waals surface area contributed by atoms with Gasteiger partial charge in [-0.1, -0.05) is 24.3 Å². The summed E-state index contributed by atoms with van der Waals surface area (Å²) in [6, 6.07) is 13.9. The zero-order chi connectivity index (χ0) is 17.5. The lowest BCUT2D eigenvalue weighted by molar-refractivity contribution is -0.117. The molecule has 2 aromatic rings. The van der Waals surface area contributed by atoms with Crippen molar-refractivity contribution in [2.75, 3.05) is 31.6 Å². The number of hydrogen-bond donors (Lipinski definition) is 2. The van der Waals surface area contributed by atoms with Crippen LogP contribution in [0.3, 0.4) is 0 Å². The maximum atomic E-state index is 12.5. The number of nitrogens with one attached hydrogen (secondary N) is 2. The number of guanidine groups is 1. The fraction of sp³-hybridized carbons (Fsp3) is 0.316. The first-order chi connectivity index (χ1) is 12.3. The molecule has 1 aliphatic heterocycles. The van der Waals surface area contributed by atoms with Gasteiger partial charge in [-0.3, -0.25) is 14.8 Å². The minimum absolute atomic E-state index is 0.0534. The fourth-order valence-electron chi connectivity index (χ4n) is 2.93. The Balaban J connectivity index is 1.46. The molecule has 1 aromatic heterocycles. The quantitative estimate of drug-likeness (QED) is 0.639. The summed E-state index contributed by atoms with van der Waals surface area (Å²) in [4.78, 5) is 22.8. The summed E-state index contributed by atoms with van der Waals surface area (Å²) in [7, 11) is 1.70. The van der Waals surface area contributed by atoms with Crippen LogP contribution in [0, 0.1) is 0 Å². The topological polar surface area (TPSA) is 69.6 Å². The number of pyridine rings is 1. The van der Waals surface area contributed by atoms with E-state index in [1.165, 1.54) is 5.56 Å². The van der Waals surface area contributed by atoms with E-state index in [4.69, 9.17) is 0 Å². The van der Waals surface area contributed by atoms with E-state index >= 15 is 0 Å². The van der Waals surface area contributed by atoms with Crippen molar-refractivity contribution in [3.05, 3.63) is 59.9 Å². The van der Waals surface area contributed by atoms with Crippen LogP contribution in [0.4, 0.5) is 5.69 Å². The minimum atomic E-state index is 0.0534. The Morgan fingerprint density at radius 2 is 2.04 bits per heavy atom. The third-order valence-electron chi connectivity index (χ3n) is 4.22. The molecule has 6 heteroatoms. The third kappa shape index (κ3) is 4.35. The minimum Gasteiger partial charge on any atom is -0.356 e. The van der Waals surface area contributed by atoms with E-state index in [-0.39, 0.29) is 12.5 Å². The molecule has 3 rings (SSSR count). The first kappa shape index (κ1) is 17.0. The molecule has 130 valence electrons.